The van der Waals surface area contributed by atoms with Gasteiger partial charge in [0.15, 0.2) is 5.13 Å². The number of rotatable bonds is 5. The first-order valence-corrected chi connectivity index (χ1v) is 10.7. The van der Waals surface area contributed by atoms with E-state index >= 15 is 0 Å². The fraction of sp³-hybridized carbons (Fsp3) is 0.737. The van der Waals surface area contributed by atoms with E-state index in [0.717, 1.165) is 43.7 Å². The van der Waals surface area contributed by atoms with Gasteiger partial charge < -0.3 is 10.0 Å². The summed E-state index contributed by atoms with van der Waals surface area (Å²) in [6.07, 6.45) is 7.08. The van der Waals surface area contributed by atoms with E-state index in [-0.39, 0.29) is 18.6 Å². The molecule has 1 aliphatic heterocycles. The van der Waals surface area contributed by atoms with Crippen LogP contribution in [0.3, 0.4) is 0 Å². The summed E-state index contributed by atoms with van der Waals surface area (Å²) < 4.78 is 0. The minimum atomic E-state index is -0.811. The third-order valence-corrected chi connectivity index (χ3v) is 6.86. The van der Waals surface area contributed by atoms with E-state index in [0.29, 0.717) is 18.2 Å². The first kappa shape index (κ1) is 20.1. The lowest BCUT2D eigenvalue weighted by Crippen LogP contribution is -2.38. The van der Waals surface area contributed by atoms with Crippen molar-refractivity contribution in [3.05, 3.63) is 10.6 Å². The van der Waals surface area contributed by atoms with Gasteiger partial charge in [0.25, 0.3) is 0 Å². The van der Waals surface area contributed by atoms with Gasteiger partial charge in [-0.2, -0.15) is 0 Å². The number of aryl methyl sites for hydroxylation is 1. The van der Waals surface area contributed by atoms with E-state index in [1.807, 2.05) is 16.8 Å². The minimum absolute atomic E-state index is 0.0420. The summed E-state index contributed by atoms with van der Waals surface area (Å²) in [5.74, 6) is -0.0683. The van der Waals surface area contributed by atoms with Crippen LogP contribution in [0.1, 0.15) is 49.6 Å². The number of carboxylic acid groups (broad SMARTS) is 1. The number of hydrogen-bond acceptors (Lipinski definition) is 5. The van der Waals surface area contributed by atoms with Gasteiger partial charge in [-0.15, -0.1) is 11.3 Å². The second-order valence-electron chi connectivity index (χ2n) is 7.72. The van der Waals surface area contributed by atoms with Crippen LogP contribution in [0.5, 0.6) is 0 Å². The molecule has 3 rings (SSSR count). The third-order valence-electron chi connectivity index (χ3n) is 5.83. The fourth-order valence-electron chi connectivity index (χ4n) is 4.08. The summed E-state index contributed by atoms with van der Waals surface area (Å²) in [7, 11) is 1.85. The van der Waals surface area contributed by atoms with Crippen LogP contribution in [-0.4, -0.2) is 64.6 Å². The van der Waals surface area contributed by atoms with Crippen LogP contribution in [0.4, 0.5) is 9.93 Å². The van der Waals surface area contributed by atoms with Gasteiger partial charge in [-0.25, -0.2) is 9.78 Å². The number of aromatic nitrogens is 1. The van der Waals surface area contributed by atoms with Crippen molar-refractivity contribution in [2.24, 2.45) is 5.92 Å². The Morgan fingerprint density at radius 2 is 2.15 bits per heavy atom. The number of thiazole rings is 1. The molecule has 2 heterocycles. The van der Waals surface area contributed by atoms with Crippen LogP contribution in [0.25, 0.3) is 0 Å². The Bertz CT molecular complexity index is 678. The van der Waals surface area contributed by atoms with E-state index in [1.165, 1.54) is 17.7 Å². The summed E-state index contributed by atoms with van der Waals surface area (Å²) in [5.41, 5.74) is 1.16. The molecule has 1 saturated heterocycles. The molecule has 8 heteroatoms. The first-order chi connectivity index (χ1) is 13.0. The molecule has 0 saturated carbocycles. The summed E-state index contributed by atoms with van der Waals surface area (Å²) in [4.78, 5) is 33.3. The molecule has 1 aromatic heterocycles. The van der Waals surface area contributed by atoms with Crippen LogP contribution < -0.4 is 5.32 Å². The lowest BCUT2D eigenvalue weighted by atomic mass is 9.89. The van der Waals surface area contributed by atoms with Gasteiger partial charge >= 0.3 is 12.0 Å². The highest BCUT2D eigenvalue weighted by Gasteiger charge is 2.26. The zero-order valence-electron chi connectivity index (χ0n) is 16.2. The Balaban J connectivity index is 1.54. The number of likely N-dealkylation sites (tertiary alicyclic amines) is 1. The number of nitrogens with one attached hydrogen (secondary N) is 1. The van der Waals surface area contributed by atoms with E-state index < -0.39 is 5.97 Å². The Labute approximate surface area is 164 Å². The van der Waals surface area contributed by atoms with Crippen molar-refractivity contribution in [3.8, 4) is 0 Å². The van der Waals surface area contributed by atoms with Crippen molar-refractivity contribution >= 4 is 28.5 Å². The summed E-state index contributed by atoms with van der Waals surface area (Å²) in [6, 6.07) is 0.117. The fourth-order valence-corrected chi connectivity index (χ4v) is 5.19. The zero-order chi connectivity index (χ0) is 19.4. The van der Waals surface area contributed by atoms with Gasteiger partial charge in [0.1, 0.15) is 0 Å². The monoisotopic (exact) mass is 394 g/mol. The predicted molar refractivity (Wildman–Crippen MR) is 106 cm³/mol. The molecular weight excluding hydrogens is 364 g/mol. The molecule has 1 aromatic rings. The lowest BCUT2D eigenvalue weighted by molar-refractivity contribution is -0.138. The quantitative estimate of drug-likeness (QED) is 0.802. The van der Waals surface area contributed by atoms with Gasteiger partial charge in [0, 0.05) is 24.0 Å². The average molecular weight is 395 g/mol. The smallest absolute Gasteiger partial charge is 0.323 e. The molecule has 2 atom stereocenters. The van der Waals surface area contributed by atoms with Crippen molar-refractivity contribution in [3.63, 3.8) is 0 Å². The minimum Gasteiger partial charge on any atom is -0.480 e. The Morgan fingerprint density at radius 1 is 1.33 bits per heavy atom. The van der Waals surface area contributed by atoms with E-state index in [4.69, 9.17) is 5.11 Å². The van der Waals surface area contributed by atoms with Crippen LogP contribution in [0, 0.1) is 5.92 Å². The van der Waals surface area contributed by atoms with Crippen LogP contribution >= 0.6 is 11.3 Å². The highest BCUT2D eigenvalue weighted by Crippen LogP contribution is 2.33. The average Bonchev–Trinajstić information content (AvgIpc) is 2.85. The third kappa shape index (κ3) is 5.19. The molecule has 150 valence electrons. The number of likely N-dealkylation sites (N-methyl/N-ethyl adjacent to an activating group) is 1. The molecule has 0 bridgehead atoms. The normalized spacial score (nSPS) is 23.0. The van der Waals surface area contributed by atoms with Gasteiger partial charge in [-0.3, -0.25) is 15.0 Å². The molecule has 2 unspecified atom stereocenters. The molecule has 2 amide bonds. The molecule has 7 nitrogen and oxygen atoms in total. The highest BCUT2D eigenvalue weighted by atomic mass is 32.1. The summed E-state index contributed by atoms with van der Waals surface area (Å²) in [6.45, 7) is 3.62. The van der Waals surface area contributed by atoms with Gasteiger partial charge in [-0.05, 0) is 51.5 Å². The lowest BCUT2D eigenvalue weighted by Gasteiger charge is -2.25. The second-order valence-corrected chi connectivity index (χ2v) is 8.80. The number of amides is 2. The van der Waals surface area contributed by atoms with Crippen molar-refractivity contribution < 1.29 is 14.7 Å². The van der Waals surface area contributed by atoms with Crippen LogP contribution in [0.2, 0.25) is 0 Å². The Kier molecular flexibility index (Phi) is 6.70. The van der Waals surface area contributed by atoms with Crippen LogP contribution in [-0.2, 0) is 17.6 Å². The largest absolute Gasteiger partial charge is 0.480 e. The molecule has 1 fully saturated rings. The number of carboxylic acids is 1. The van der Waals surface area contributed by atoms with E-state index in [9.17, 15) is 9.59 Å². The SMILES string of the molecule is CCC1CCc2nc(NC(=O)N3CCCC(N(C)CC(=O)O)CC3)sc2C1. The topological polar surface area (TPSA) is 85.8 Å². The molecule has 27 heavy (non-hydrogen) atoms. The second kappa shape index (κ2) is 9.01. The number of nitrogens with zero attached hydrogens (tertiary/aromatic N) is 3. The number of urea groups is 1. The molecule has 2 aliphatic rings. The highest BCUT2D eigenvalue weighted by molar-refractivity contribution is 7.15. The number of carbonyl (C=O) groups excluding carboxylic acids is 1. The zero-order valence-corrected chi connectivity index (χ0v) is 17.1. The first-order valence-electron chi connectivity index (χ1n) is 9.92. The molecule has 1 aliphatic carbocycles. The van der Waals surface area contributed by atoms with Crippen molar-refractivity contribution in [2.75, 3.05) is 32.0 Å². The van der Waals surface area contributed by atoms with Crippen LogP contribution in [0.15, 0.2) is 0 Å². The number of hydrogen-bond donors (Lipinski definition) is 2. The van der Waals surface area contributed by atoms with E-state index in [2.05, 4.69) is 17.2 Å². The number of aliphatic carboxylic acids is 1. The molecule has 0 radical (unpaired) electrons. The molecular formula is C19H30N4O3S. The van der Waals surface area contributed by atoms with Crippen molar-refractivity contribution in [1.29, 1.82) is 0 Å². The molecule has 0 aromatic carbocycles. The number of carbonyl (C=O) groups is 2. The Morgan fingerprint density at radius 3 is 2.89 bits per heavy atom. The van der Waals surface area contributed by atoms with Crippen molar-refractivity contribution in [2.45, 2.75) is 57.9 Å². The number of anilines is 1. The van der Waals surface area contributed by atoms with Crippen molar-refractivity contribution in [1.82, 2.24) is 14.8 Å². The Hall–Kier alpha value is -1.67. The number of fused-ring (bicyclic) bond motifs is 1. The summed E-state index contributed by atoms with van der Waals surface area (Å²) in [5, 5.41) is 12.7. The standard InChI is InChI=1S/C19H30N4O3S/c1-3-13-6-7-15-16(11-13)27-18(20-15)21-19(26)23-9-4-5-14(8-10-23)22(2)12-17(24)25/h13-14H,3-12H2,1-2H3,(H,24,25)(H,20,21,26). The predicted octanol–water partition coefficient (Wildman–Crippen LogP) is 3.06. The van der Waals surface area contributed by atoms with Gasteiger partial charge in [-0.1, -0.05) is 13.3 Å². The summed E-state index contributed by atoms with van der Waals surface area (Å²) >= 11 is 1.62. The molecule has 2 N–H and O–H groups in total. The maximum atomic E-state index is 12.7. The van der Waals surface area contributed by atoms with E-state index in [1.54, 1.807) is 11.3 Å². The maximum absolute atomic E-state index is 12.7. The molecule has 0 spiro atoms. The van der Waals surface area contributed by atoms with Gasteiger partial charge in [0.2, 0.25) is 0 Å². The maximum Gasteiger partial charge on any atom is 0.323 e. The van der Waals surface area contributed by atoms with Gasteiger partial charge in [0.05, 0.1) is 12.2 Å².